The van der Waals surface area contributed by atoms with E-state index in [2.05, 4.69) is 15.3 Å². The first-order chi connectivity index (χ1) is 6.18. The van der Waals surface area contributed by atoms with Crippen LogP contribution in [0, 0.1) is 6.92 Å². The summed E-state index contributed by atoms with van der Waals surface area (Å²) in [7, 11) is 0. The molecule has 0 bridgehead atoms. The monoisotopic (exact) mass is 183 g/mol. The van der Waals surface area contributed by atoms with Crippen LogP contribution in [-0.4, -0.2) is 22.7 Å². The van der Waals surface area contributed by atoms with Gasteiger partial charge in [-0.1, -0.05) is 0 Å². The Hall–Kier alpha value is -1.19. The molecule has 0 saturated carbocycles. The van der Waals surface area contributed by atoms with Crippen molar-refractivity contribution in [2.75, 3.05) is 11.9 Å². The molecule has 0 aliphatic heterocycles. The number of aryl methyl sites for hydroxylation is 1. The Morgan fingerprint density at radius 2 is 2.38 bits per heavy atom. The van der Waals surface area contributed by atoms with Crippen molar-refractivity contribution in [2.45, 2.75) is 26.4 Å². The third-order valence-electron chi connectivity index (χ3n) is 1.62. The van der Waals surface area contributed by atoms with Gasteiger partial charge in [-0.2, -0.15) is 0 Å². The van der Waals surface area contributed by atoms with Crippen molar-refractivity contribution >= 4 is 5.95 Å². The van der Waals surface area contributed by atoms with Crippen LogP contribution in [0.1, 0.15) is 19.0 Å². The Morgan fingerprint density at radius 3 is 3.00 bits per heavy atom. The van der Waals surface area contributed by atoms with Crippen molar-refractivity contribution in [1.29, 1.82) is 0 Å². The highest BCUT2D eigenvalue weighted by Gasteiger charge is 1.98. The first kappa shape index (κ1) is 9.89. The third-order valence-corrected chi connectivity index (χ3v) is 1.62. The summed E-state index contributed by atoms with van der Waals surface area (Å²) in [6, 6.07) is 1.82. The van der Waals surface area contributed by atoms with Crippen molar-refractivity contribution in [3.05, 3.63) is 18.0 Å². The molecule has 0 spiro atoms. The van der Waals surface area contributed by atoms with Gasteiger partial charge in [0.05, 0.1) is 6.17 Å². The molecule has 0 amide bonds. The Balaban J connectivity index is 2.37. The van der Waals surface area contributed by atoms with E-state index in [1.54, 1.807) is 13.1 Å². The second-order valence-corrected chi connectivity index (χ2v) is 3.02. The van der Waals surface area contributed by atoms with Crippen molar-refractivity contribution < 1.29 is 4.39 Å². The Bertz CT molecular complexity index is 263. The lowest BCUT2D eigenvalue weighted by molar-refractivity contribution is 0.348. The van der Waals surface area contributed by atoms with Gasteiger partial charge >= 0.3 is 0 Å². The van der Waals surface area contributed by atoms with Crippen molar-refractivity contribution in [2.24, 2.45) is 0 Å². The molecule has 0 aromatic carbocycles. The maximum Gasteiger partial charge on any atom is 0.222 e. The van der Waals surface area contributed by atoms with Crippen molar-refractivity contribution in [3.8, 4) is 0 Å². The van der Waals surface area contributed by atoms with E-state index in [0.29, 0.717) is 18.9 Å². The lowest BCUT2D eigenvalue weighted by atomic mass is 10.3. The molecule has 1 N–H and O–H groups in total. The zero-order chi connectivity index (χ0) is 9.68. The fraction of sp³-hybridized carbons (Fsp3) is 0.556. The fourth-order valence-corrected chi connectivity index (χ4v) is 0.917. The zero-order valence-corrected chi connectivity index (χ0v) is 7.92. The van der Waals surface area contributed by atoms with Crippen LogP contribution in [0.5, 0.6) is 0 Å². The second-order valence-electron chi connectivity index (χ2n) is 3.02. The molecule has 1 aromatic heterocycles. The SMILES string of the molecule is Cc1ccnc(NCCC(C)F)n1. The number of alkyl halides is 1. The number of aromatic nitrogens is 2. The van der Waals surface area contributed by atoms with E-state index in [0.717, 1.165) is 5.69 Å². The van der Waals surface area contributed by atoms with Gasteiger partial charge in [0.15, 0.2) is 0 Å². The molecule has 1 rings (SSSR count). The maximum absolute atomic E-state index is 12.4. The quantitative estimate of drug-likeness (QED) is 0.775. The highest BCUT2D eigenvalue weighted by Crippen LogP contribution is 2.00. The van der Waals surface area contributed by atoms with Gasteiger partial charge in [0.25, 0.3) is 0 Å². The molecule has 0 aliphatic carbocycles. The number of anilines is 1. The average molecular weight is 183 g/mol. The van der Waals surface area contributed by atoms with E-state index in [9.17, 15) is 4.39 Å². The summed E-state index contributed by atoms with van der Waals surface area (Å²) >= 11 is 0. The highest BCUT2D eigenvalue weighted by molar-refractivity contribution is 5.24. The van der Waals surface area contributed by atoms with Gasteiger partial charge in [-0.3, -0.25) is 0 Å². The number of halogens is 1. The zero-order valence-electron chi connectivity index (χ0n) is 7.92. The average Bonchev–Trinajstić information content (AvgIpc) is 2.03. The summed E-state index contributed by atoms with van der Waals surface area (Å²) in [6.07, 6.45) is 1.39. The van der Waals surface area contributed by atoms with E-state index in [-0.39, 0.29) is 0 Å². The van der Waals surface area contributed by atoms with Crippen LogP contribution in [0.3, 0.4) is 0 Å². The fourth-order valence-electron chi connectivity index (χ4n) is 0.917. The summed E-state index contributed by atoms with van der Waals surface area (Å²) in [4.78, 5) is 8.12. The molecule has 0 aliphatic rings. The number of nitrogens with one attached hydrogen (secondary N) is 1. The van der Waals surface area contributed by atoms with Gasteiger partial charge < -0.3 is 5.32 Å². The number of hydrogen-bond donors (Lipinski definition) is 1. The van der Waals surface area contributed by atoms with Crippen LogP contribution in [0.25, 0.3) is 0 Å². The summed E-state index contributed by atoms with van der Waals surface area (Å²) in [5.74, 6) is 0.570. The minimum atomic E-state index is -0.780. The first-order valence-corrected chi connectivity index (χ1v) is 4.36. The summed E-state index contributed by atoms with van der Waals surface area (Å²) in [5.41, 5.74) is 0.908. The van der Waals surface area contributed by atoms with Crippen LogP contribution in [0.15, 0.2) is 12.3 Å². The van der Waals surface area contributed by atoms with E-state index < -0.39 is 6.17 Å². The van der Waals surface area contributed by atoms with Gasteiger partial charge in [0.2, 0.25) is 5.95 Å². The smallest absolute Gasteiger partial charge is 0.222 e. The van der Waals surface area contributed by atoms with Gasteiger partial charge in [0, 0.05) is 18.4 Å². The maximum atomic E-state index is 12.4. The molecule has 1 aromatic rings. The van der Waals surface area contributed by atoms with Crippen LogP contribution in [0.4, 0.5) is 10.3 Å². The summed E-state index contributed by atoms with van der Waals surface area (Å²) in [5, 5.41) is 2.95. The second kappa shape index (κ2) is 4.74. The van der Waals surface area contributed by atoms with Gasteiger partial charge in [0.1, 0.15) is 0 Å². The third kappa shape index (κ3) is 3.83. The minimum Gasteiger partial charge on any atom is -0.354 e. The van der Waals surface area contributed by atoms with E-state index in [1.807, 2.05) is 13.0 Å². The Labute approximate surface area is 77.4 Å². The Kier molecular flexibility index (Phi) is 3.61. The van der Waals surface area contributed by atoms with Crippen LogP contribution >= 0.6 is 0 Å². The molecular formula is C9H14FN3. The lowest BCUT2D eigenvalue weighted by Crippen LogP contribution is -2.09. The van der Waals surface area contributed by atoms with Crippen LogP contribution < -0.4 is 5.32 Å². The number of rotatable bonds is 4. The molecule has 1 heterocycles. The molecule has 1 unspecified atom stereocenters. The highest BCUT2D eigenvalue weighted by atomic mass is 19.1. The van der Waals surface area contributed by atoms with Crippen LogP contribution in [0.2, 0.25) is 0 Å². The van der Waals surface area contributed by atoms with E-state index in [4.69, 9.17) is 0 Å². The van der Waals surface area contributed by atoms with E-state index in [1.165, 1.54) is 0 Å². The molecule has 72 valence electrons. The largest absolute Gasteiger partial charge is 0.354 e. The molecule has 0 saturated heterocycles. The molecule has 0 fully saturated rings. The number of nitrogens with zero attached hydrogens (tertiary/aromatic N) is 2. The minimum absolute atomic E-state index is 0.483. The van der Waals surface area contributed by atoms with Crippen molar-refractivity contribution in [1.82, 2.24) is 9.97 Å². The standard InChI is InChI=1S/C9H14FN3/c1-7(10)3-5-11-9-12-6-4-8(2)13-9/h4,6-7H,3,5H2,1-2H3,(H,11,12,13). The van der Waals surface area contributed by atoms with Gasteiger partial charge in [-0.15, -0.1) is 0 Å². The topological polar surface area (TPSA) is 37.8 Å². The normalized spacial score (nSPS) is 12.5. The molecule has 0 radical (unpaired) electrons. The van der Waals surface area contributed by atoms with Gasteiger partial charge in [-0.25, -0.2) is 14.4 Å². The predicted molar refractivity (Wildman–Crippen MR) is 50.4 cm³/mol. The molecular weight excluding hydrogens is 169 g/mol. The molecule has 1 atom stereocenters. The predicted octanol–water partition coefficient (Wildman–Crippen LogP) is 1.95. The van der Waals surface area contributed by atoms with Crippen molar-refractivity contribution in [3.63, 3.8) is 0 Å². The summed E-state index contributed by atoms with van der Waals surface area (Å²) < 4.78 is 12.4. The molecule has 4 heteroatoms. The first-order valence-electron chi connectivity index (χ1n) is 4.36. The van der Waals surface area contributed by atoms with Gasteiger partial charge in [-0.05, 0) is 26.3 Å². The van der Waals surface area contributed by atoms with Crippen LogP contribution in [-0.2, 0) is 0 Å². The Morgan fingerprint density at radius 1 is 1.62 bits per heavy atom. The number of hydrogen-bond acceptors (Lipinski definition) is 3. The molecule has 3 nitrogen and oxygen atoms in total. The lowest BCUT2D eigenvalue weighted by Gasteiger charge is -2.04. The molecule has 13 heavy (non-hydrogen) atoms. The van der Waals surface area contributed by atoms with E-state index >= 15 is 0 Å². The summed E-state index contributed by atoms with van der Waals surface area (Å²) in [6.45, 7) is 4.00.